The Bertz CT molecular complexity index is 728. The normalized spacial score (nSPS) is 10.9. The molecule has 1 heterocycles. The predicted octanol–water partition coefficient (Wildman–Crippen LogP) is 2.97. The summed E-state index contributed by atoms with van der Waals surface area (Å²) in [6.45, 7) is 0. The van der Waals surface area contributed by atoms with E-state index in [0.717, 1.165) is 11.2 Å². The summed E-state index contributed by atoms with van der Waals surface area (Å²) in [4.78, 5) is 12.2. The quantitative estimate of drug-likeness (QED) is 0.702. The van der Waals surface area contributed by atoms with Crippen LogP contribution in [0.15, 0.2) is 53.3 Å². The molecular formula is C13H9ClN2O. The molecule has 2 aromatic carbocycles. The number of aromatic nitrogens is 2. The first-order valence-corrected chi connectivity index (χ1v) is 5.59. The van der Waals surface area contributed by atoms with Crippen LogP contribution in [0.2, 0.25) is 5.02 Å². The molecule has 17 heavy (non-hydrogen) atoms. The molecule has 0 aliphatic carbocycles. The van der Waals surface area contributed by atoms with Gasteiger partial charge in [-0.15, -0.1) is 0 Å². The minimum absolute atomic E-state index is 0.0892. The zero-order valence-electron chi connectivity index (χ0n) is 8.85. The lowest BCUT2D eigenvalue weighted by Gasteiger charge is -1.98. The number of nitrogens with zero attached hydrogens (tertiary/aromatic N) is 1. The maximum atomic E-state index is 12.2. The minimum atomic E-state index is -0.0892. The molecule has 84 valence electrons. The molecule has 0 amide bonds. The lowest BCUT2D eigenvalue weighted by molar-refractivity contribution is 0.864. The van der Waals surface area contributed by atoms with Gasteiger partial charge in [0, 0.05) is 5.02 Å². The van der Waals surface area contributed by atoms with Crippen LogP contribution in [0.3, 0.4) is 0 Å². The summed E-state index contributed by atoms with van der Waals surface area (Å²) in [5.41, 5.74) is 1.50. The van der Waals surface area contributed by atoms with Gasteiger partial charge >= 0.3 is 0 Å². The number of benzene rings is 2. The highest BCUT2D eigenvalue weighted by Gasteiger charge is 2.07. The summed E-state index contributed by atoms with van der Waals surface area (Å²) in [7, 11) is 0. The van der Waals surface area contributed by atoms with Crippen molar-refractivity contribution in [1.29, 1.82) is 0 Å². The summed E-state index contributed by atoms with van der Waals surface area (Å²) in [5, 5.41) is 4.22. The van der Waals surface area contributed by atoms with E-state index >= 15 is 0 Å². The van der Waals surface area contributed by atoms with Gasteiger partial charge in [0.05, 0.1) is 16.6 Å². The molecule has 0 unspecified atom stereocenters. The van der Waals surface area contributed by atoms with Crippen molar-refractivity contribution in [3.8, 4) is 5.69 Å². The smallest absolute Gasteiger partial charge is 0.279 e. The molecule has 1 aromatic heterocycles. The minimum Gasteiger partial charge on any atom is -0.290 e. The topological polar surface area (TPSA) is 37.8 Å². The SMILES string of the molecule is O=c1c2cc(Cl)ccc2[nH]n1-c1ccccc1. The van der Waals surface area contributed by atoms with E-state index in [-0.39, 0.29) is 5.56 Å². The van der Waals surface area contributed by atoms with Crippen LogP contribution in [0, 0.1) is 0 Å². The molecule has 0 fully saturated rings. The van der Waals surface area contributed by atoms with Crippen molar-refractivity contribution in [3.63, 3.8) is 0 Å². The lowest BCUT2D eigenvalue weighted by atomic mass is 10.2. The zero-order chi connectivity index (χ0) is 11.8. The van der Waals surface area contributed by atoms with Crippen molar-refractivity contribution in [2.45, 2.75) is 0 Å². The van der Waals surface area contributed by atoms with E-state index < -0.39 is 0 Å². The van der Waals surface area contributed by atoms with Gasteiger partial charge in [-0.2, -0.15) is 0 Å². The molecule has 3 nitrogen and oxygen atoms in total. The van der Waals surface area contributed by atoms with Crippen molar-refractivity contribution in [2.24, 2.45) is 0 Å². The van der Waals surface area contributed by atoms with E-state index in [1.807, 2.05) is 30.3 Å². The molecule has 3 aromatic rings. The van der Waals surface area contributed by atoms with Crippen LogP contribution >= 0.6 is 11.6 Å². The van der Waals surface area contributed by atoms with Crippen LogP contribution in [0.1, 0.15) is 0 Å². The van der Waals surface area contributed by atoms with Gasteiger partial charge in [-0.05, 0) is 30.3 Å². The molecule has 0 aliphatic heterocycles. The van der Waals surface area contributed by atoms with E-state index in [4.69, 9.17) is 11.6 Å². The number of halogens is 1. The van der Waals surface area contributed by atoms with Crippen molar-refractivity contribution < 1.29 is 0 Å². The fourth-order valence-electron chi connectivity index (χ4n) is 1.84. The first kappa shape index (κ1) is 10.2. The third-order valence-corrected chi connectivity index (χ3v) is 2.90. The summed E-state index contributed by atoms with van der Waals surface area (Å²) < 4.78 is 1.51. The third kappa shape index (κ3) is 1.65. The largest absolute Gasteiger partial charge is 0.290 e. The van der Waals surface area contributed by atoms with E-state index in [9.17, 15) is 4.79 Å². The average molecular weight is 245 g/mol. The molecule has 0 bridgehead atoms. The summed E-state index contributed by atoms with van der Waals surface area (Å²) in [6.07, 6.45) is 0. The molecule has 0 atom stereocenters. The van der Waals surface area contributed by atoms with Crippen LogP contribution in [-0.2, 0) is 0 Å². The van der Waals surface area contributed by atoms with Gasteiger partial charge in [0.2, 0.25) is 0 Å². The van der Waals surface area contributed by atoms with Gasteiger partial charge in [-0.1, -0.05) is 29.8 Å². The molecule has 1 N–H and O–H groups in total. The number of fused-ring (bicyclic) bond motifs is 1. The monoisotopic (exact) mass is 244 g/mol. The van der Waals surface area contributed by atoms with Crippen molar-refractivity contribution in [2.75, 3.05) is 0 Å². The van der Waals surface area contributed by atoms with Gasteiger partial charge < -0.3 is 0 Å². The Morgan fingerprint density at radius 3 is 2.59 bits per heavy atom. The van der Waals surface area contributed by atoms with E-state index in [0.29, 0.717) is 10.4 Å². The summed E-state index contributed by atoms with van der Waals surface area (Å²) in [6, 6.07) is 14.7. The fraction of sp³-hybridized carbons (Fsp3) is 0. The number of aromatic amines is 1. The second-order valence-corrected chi connectivity index (χ2v) is 4.21. The highest BCUT2D eigenvalue weighted by molar-refractivity contribution is 6.31. The molecule has 0 spiro atoms. The zero-order valence-corrected chi connectivity index (χ0v) is 9.61. The van der Waals surface area contributed by atoms with Crippen molar-refractivity contribution in [1.82, 2.24) is 9.78 Å². The van der Waals surface area contributed by atoms with Crippen LogP contribution in [-0.4, -0.2) is 9.78 Å². The number of hydrogen-bond donors (Lipinski definition) is 1. The van der Waals surface area contributed by atoms with Crippen molar-refractivity contribution in [3.05, 3.63) is 63.9 Å². The van der Waals surface area contributed by atoms with Gasteiger partial charge in [0.1, 0.15) is 0 Å². The standard InChI is InChI=1S/C13H9ClN2O/c14-9-6-7-12-11(8-9)13(17)16(15-12)10-4-2-1-3-5-10/h1-8,15H. The summed E-state index contributed by atoms with van der Waals surface area (Å²) >= 11 is 5.88. The number of rotatable bonds is 1. The Labute approximate surface area is 102 Å². The first-order chi connectivity index (χ1) is 8.25. The highest BCUT2D eigenvalue weighted by Crippen LogP contribution is 2.16. The number of para-hydroxylation sites is 1. The lowest BCUT2D eigenvalue weighted by Crippen LogP contribution is -2.13. The van der Waals surface area contributed by atoms with Crippen LogP contribution in [0.25, 0.3) is 16.6 Å². The molecule has 4 heteroatoms. The Hall–Kier alpha value is -2.00. The summed E-state index contributed by atoms with van der Waals surface area (Å²) in [5.74, 6) is 0. The van der Waals surface area contributed by atoms with E-state index in [2.05, 4.69) is 5.10 Å². The van der Waals surface area contributed by atoms with Crippen LogP contribution in [0.4, 0.5) is 0 Å². The first-order valence-electron chi connectivity index (χ1n) is 5.21. The molecular weight excluding hydrogens is 236 g/mol. The fourth-order valence-corrected chi connectivity index (χ4v) is 2.01. The Kier molecular flexibility index (Phi) is 2.27. The van der Waals surface area contributed by atoms with Gasteiger partial charge in [0.25, 0.3) is 5.56 Å². The third-order valence-electron chi connectivity index (χ3n) is 2.66. The maximum Gasteiger partial charge on any atom is 0.279 e. The molecule has 0 aliphatic rings. The number of nitrogens with one attached hydrogen (secondary N) is 1. The van der Waals surface area contributed by atoms with Crippen molar-refractivity contribution >= 4 is 22.5 Å². The Morgan fingerprint density at radius 2 is 1.82 bits per heavy atom. The number of H-pyrrole nitrogens is 1. The molecule has 0 radical (unpaired) electrons. The second-order valence-electron chi connectivity index (χ2n) is 3.78. The van der Waals surface area contributed by atoms with Gasteiger partial charge in [-0.3, -0.25) is 9.89 Å². The Morgan fingerprint density at radius 1 is 1.06 bits per heavy atom. The second kappa shape index (κ2) is 3.79. The van der Waals surface area contributed by atoms with Crippen LogP contribution in [0.5, 0.6) is 0 Å². The molecule has 3 rings (SSSR count). The Balaban J connectivity index is 2.33. The molecule has 0 saturated heterocycles. The van der Waals surface area contributed by atoms with E-state index in [1.165, 1.54) is 4.68 Å². The van der Waals surface area contributed by atoms with Gasteiger partial charge in [-0.25, -0.2) is 4.68 Å². The molecule has 0 saturated carbocycles. The van der Waals surface area contributed by atoms with E-state index in [1.54, 1.807) is 18.2 Å². The maximum absolute atomic E-state index is 12.2. The predicted molar refractivity (Wildman–Crippen MR) is 68.9 cm³/mol. The highest BCUT2D eigenvalue weighted by atomic mass is 35.5. The van der Waals surface area contributed by atoms with Gasteiger partial charge in [0.15, 0.2) is 0 Å². The average Bonchev–Trinajstić information content (AvgIpc) is 2.68. The van der Waals surface area contributed by atoms with Crippen LogP contribution < -0.4 is 5.56 Å². The number of hydrogen-bond acceptors (Lipinski definition) is 1.